The molecule has 3 rings (SSSR count). The van der Waals surface area contributed by atoms with Crippen LogP contribution in [0.3, 0.4) is 0 Å². The summed E-state index contributed by atoms with van der Waals surface area (Å²) >= 11 is 3.36. The Hall–Kier alpha value is -1.33. The summed E-state index contributed by atoms with van der Waals surface area (Å²) in [5.41, 5.74) is 2.90. The van der Waals surface area contributed by atoms with Crippen molar-refractivity contribution in [2.24, 2.45) is 0 Å². The van der Waals surface area contributed by atoms with Crippen LogP contribution in [0.1, 0.15) is 11.1 Å². The van der Waals surface area contributed by atoms with E-state index in [1.165, 1.54) is 4.31 Å². The minimum atomic E-state index is -3.51. The van der Waals surface area contributed by atoms with E-state index in [1.54, 1.807) is 6.07 Å². The van der Waals surface area contributed by atoms with Gasteiger partial charge < -0.3 is 0 Å². The SMILES string of the molecule is Cc1ccc(S(=O)(=O)N2CCc3ccccc32)c(Br)c1. The maximum Gasteiger partial charge on any atom is 0.265 e. The Morgan fingerprint density at radius 3 is 2.65 bits per heavy atom. The van der Waals surface area contributed by atoms with E-state index in [0.29, 0.717) is 15.9 Å². The number of para-hydroxylation sites is 1. The molecule has 2 aromatic carbocycles. The fourth-order valence-corrected chi connectivity index (χ4v) is 5.15. The first-order valence-electron chi connectivity index (χ1n) is 6.37. The van der Waals surface area contributed by atoms with E-state index in [1.807, 2.05) is 43.3 Å². The highest BCUT2D eigenvalue weighted by atomic mass is 79.9. The van der Waals surface area contributed by atoms with E-state index in [4.69, 9.17) is 0 Å². The van der Waals surface area contributed by atoms with E-state index in [9.17, 15) is 8.42 Å². The predicted octanol–water partition coefficient (Wildman–Crippen LogP) is 3.51. The third-order valence-corrected chi connectivity index (χ3v) is 6.29. The molecule has 104 valence electrons. The molecule has 0 saturated carbocycles. The summed E-state index contributed by atoms with van der Waals surface area (Å²) in [7, 11) is -3.51. The summed E-state index contributed by atoms with van der Waals surface area (Å²) in [5.74, 6) is 0. The number of halogens is 1. The van der Waals surface area contributed by atoms with Gasteiger partial charge in [0.25, 0.3) is 10.0 Å². The van der Waals surface area contributed by atoms with Crippen LogP contribution in [-0.2, 0) is 16.4 Å². The molecule has 0 aromatic heterocycles. The monoisotopic (exact) mass is 351 g/mol. The van der Waals surface area contributed by atoms with Crippen molar-refractivity contribution in [3.63, 3.8) is 0 Å². The minimum absolute atomic E-state index is 0.319. The van der Waals surface area contributed by atoms with Gasteiger partial charge in [0.2, 0.25) is 0 Å². The molecule has 1 aliphatic rings. The number of benzene rings is 2. The molecule has 1 heterocycles. The van der Waals surface area contributed by atoms with Crippen LogP contribution in [0, 0.1) is 6.92 Å². The Labute approximate surface area is 127 Å². The average molecular weight is 352 g/mol. The second kappa shape index (κ2) is 4.90. The number of rotatable bonds is 2. The molecule has 0 bridgehead atoms. The number of hydrogen-bond acceptors (Lipinski definition) is 2. The predicted molar refractivity (Wildman–Crippen MR) is 83.6 cm³/mol. The van der Waals surface area contributed by atoms with E-state index in [-0.39, 0.29) is 0 Å². The zero-order valence-electron chi connectivity index (χ0n) is 11.0. The second-order valence-corrected chi connectivity index (χ2v) is 7.57. The van der Waals surface area contributed by atoms with E-state index in [0.717, 1.165) is 23.2 Å². The molecule has 0 spiro atoms. The molecule has 20 heavy (non-hydrogen) atoms. The van der Waals surface area contributed by atoms with Crippen molar-refractivity contribution in [2.75, 3.05) is 10.8 Å². The van der Waals surface area contributed by atoms with Crippen LogP contribution in [-0.4, -0.2) is 15.0 Å². The summed E-state index contributed by atoms with van der Waals surface area (Å²) in [6.07, 6.45) is 0.763. The Morgan fingerprint density at radius 1 is 1.15 bits per heavy atom. The Kier molecular flexibility index (Phi) is 3.34. The van der Waals surface area contributed by atoms with Crippen molar-refractivity contribution in [2.45, 2.75) is 18.2 Å². The summed E-state index contributed by atoms with van der Waals surface area (Å²) < 4.78 is 27.8. The van der Waals surface area contributed by atoms with Crippen LogP contribution >= 0.6 is 15.9 Å². The molecular weight excluding hydrogens is 338 g/mol. The largest absolute Gasteiger partial charge is 0.266 e. The standard InChI is InChI=1S/C15H14BrNO2S/c1-11-6-7-15(13(16)10-11)20(18,19)17-9-8-12-4-2-3-5-14(12)17/h2-7,10H,8-9H2,1H3. The molecule has 3 nitrogen and oxygen atoms in total. The van der Waals surface area contributed by atoms with Crippen molar-refractivity contribution < 1.29 is 8.42 Å². The first-order chi connectivity index (χ1) is 9.50. The lowest BCUT2D eigenvalue weighted by Crippen LogP contribution is -2.29. The van der Waals surface area contributed by atoms with Crippen molar-refractivity contribution >= 4 is 31.6 Å². The molecule has 0 fully saturated rings. The molecule has 1 aliphatic heterocycles. The van der Waals surface area contributed by atoms with Crippen molar-refractivity contribution in [1.29, 1.82) is 0 Å². The van der Waals surface area contributed by atoms with Gasteiger partial charge in [-0.25, -0.2) is 8.42 Å². The van der Waals surface area contributed by atoms with Gasteiger partial charge in [-0.05, 0) is 58.6 Å². The molecule has 0 N–H and O–H groups in total. The van der Waals surface area contributed by atoms with Crippen LogP contribution in [0.2, 0.25) is 0 Å². The van der Waals surface area contributed by atoms with Gasteiger partial charge in [0, 0.05) is 11.0 Å². The van der Waals surface area contributed by atoms with Crippen LogP contribution < -0.4 is 4.31 Å². The molecule has 0 unspecified atom stereocenters. The highest BCUT2D eigenvalue weighted by Gasteiger charge is 2.31. The van der Waals surface area contributed by atoms with Gasteiger partial charge in [-0.15, -0.1) is 0 Å². The van der Waals surface area contributed by atoms with Gasteiger partial charge in [-0.3, -0.25) is 4.31 Å². The van der Waals surface area contributed by atoms with Crippen molar-refractivity contribution in [3.05, 3.63) is 58.1 Å². The molecule has 0 atom stereocenters. The zero-order valence-corrected chi connectivity index (χ0v) is 13.4. The molecular formula is C15H14BrNO2S. The lowest BCUT2D eigenvalue weighted by molar-refractivity contribution is 0.592. The molecule has 5 heteroatoms. The third kappa shape index (κ3) is 2.15. The van der Waals surface area contributed by atoms with Gasteiger partial charge >= 0.3 is 0 Å². The summed E-state index contributed by atoms with van der Waals surface area (Å²) in [5, 5.41) is 0. The molecule has 0 amide bonds. The highest BCUT2D eigenvalue weighted by Crippen LogP contribution is 2.34. The van der Waals surface area contributed by atoms with Crippen LogP contribution in [0.15, 0.2) is 51.8 Å². The van der Waals surface area contributed by atoms with Gasteiger partial charge in [0.05, 0.1) is 5.69 Å². The maximum atomic E-state index is 12.8. The second-order valence-electron chi connectivity index (χ2n) is 4.89. The molecule has 0 aliphatic carbocycles. The Bertz CT molecular complexity index is 771. The van der Waals surface area contributed by atoms with Gasteiger partial charge in [-0.1, -0.05) is 24.3 Å². The first-order valence-corrected chi connectivity index (χ1v) is 8.60. The summed E-state index contributed by atoms with van der Waals surface area (Å²) in [6, 6.07) is 13.0. The number of fused-ring (bicyclic) bond motifs is 1. The number of nitrogens with zero attached hydrogens (tertiary/aromatic N) is 1. The highest BCUT2D eigenvalue weighted by molar-refractivity contribution is 9.10. The number of hydrogen-bond donors (Lipinski definition) is 0. The average Bonchev–Trinajstić information content (AvgIpc) is 2.82. The summed E-state index contributed by atoms with van der Waals surface area (Å²) in [4.78, 5) is 0.319. The quantitative estimate of drug-likeness (QED) is 0.830. The maximum absolute atomic E-state index is 12.8. The number of aryl methyl sites for hydroxylation is 1. The fourth-order valence-electron chi connectivity index (χ4n) is 2.49. The molecule has 0 saturated heterocycles. The third-order valence-electron chi connectivity index (χ3n) is 3.50. The van der Waals surface area contributed by atoms with Gasteiger partial charge in [0.1, 0.15) is 4.90 Å². The van der Waals surface area contributed by atoms with E-state index < -0.39 is 10.0 Å². The van der Waals surface area contributed by atoms with Crippen molar-refractivity contribution in [3.8, 4) is 0 Å². The van der Waals surface area contributed by atoms with Crippen LogP contribution in [0.4, 0.5) is 5.69 Å². The summed E-state index contributed by atoms with van der Waals surface area (Å²) in [6.45, 7) is 2.44. The van der Waals surface area contributed by atoms with Gasteiger partial charge in [0.15, 0.2) is 0 Å². The smallest absolute Gasteiger partial charge is 0.265 e. The Balaban J connectivity index is 2.10. The Morgan fingerprint density at radius 2 is 1.90 bits per heavy atom. The fraction of sp³-hybridized carbons (Fsp3) is 0.200. The van der Waals surface area contributed by atoms with Crippen LogP contribution in [0.5, 0.6) is 0 Å². The zero-order chi connectivity index (χ0) is 14.3. The van der Waals surface area contributed by atoms with E-state index in [2.05, 4.69) is 15.9 Å². The molecule has 0 radical (unpaired) electrons. The lowest BCUT2D eigenvalue weighted by Gasteiger charge is -2.20. The van der Waals surface area contributed by atoms with Crippen LogP contribution in [0.25, 0.3) is 0 Å². The van der Waals surface area contributed by atoms with Gasteiger partial charge in [-0.2, -0.15) is 0 Å². The minimum Gasteiger partial charge on any atom is -0.266 e. The number of sulfonamides is 1. The van der Waals surface area contributed by atoms with E-state index >= 15 is 0 Å². The first kappa shape index (κ1) is 13.6. The molecule has 2 aromatic rings. The topological polar surface area (TPSA) is 37.4 Å². The normalized spacial score (nSPS) is 14.4. The van der Waals surface area contributed by atoms with Crippen molar-refractivity contribution in [1.82, 2.24) is 0 Å². The number of anilines is 1. The lowest BCUT2D eigenvalue weighted by atomic mass is 10.2.